The number of ether oxygens (including phenoxy) is 2. The van der Waals surface area contributed by atoms with Crippen molar-refractivity contribution in [3.63, 3.8) is 0 Å². The number of fused-ring (bicyclic) bond motifs is 1. The zero-order valence-corrected chi connectivity index (χ0v) is 25.6. The highest BCUT2D eigenvalue weighted by molar-refractivity contribution is 5.80. The minimum Gasteiger partial charge on any atom is -0.497 e. The molecule has 234 valence electrons. The number of aromatic nitrogens is 3. The lowest BCUT2D eigenvalue weighted by Crippen LogP contribution is -2.45. The first kappa shape index (κ1) is 30.8. The third-order valence-corrected chi connectivity index (χ3v) is 8.21. The highest BCUT2D eigenvalue weighted by atomic mass is 16.5. The summed E-state index contributed by atoms with van der Waals surface area (Å²) in [6.45, 7) is 6.42. The van der Waals surface area contributed by atoms with Crippen LogP contribution in [0.3, 0.4) is 0 Å². The molecule has 0 radical (unpaired) electrons. The molecule has 12 nitrogen and oxygen atoms in total. The van der Waals surface area contributed by atoms with Crippen LogP contribution in [0.4, 0.5) is 22.2 Å². The van der Waals surface area contributed by atoms with Crippen molar-refractivity contribution in [3.8, 4) is 5.75 Å². The molecule has 1 unspecified atom stereocenters. The molecule has 4 heterocycles. The van der Waals surface area contributed by atoms with Crippen LogP contribution in [-0.4, -0.2) is 78.1 Å². The van der Waals surface area contributed by atoms with Crippen LogP contribution in [-0.2, 0) is 22.4 Å². The SMILES string of the molecule is COc1ccc(CCOC(=O)NC(CNc2nc(C)nc(N3CCC(c4ccc5c(n4)NCCC5)CC3)c2C)C(=O)O)cc1. The lowest BCUT2D eigenvalue weighted by atomic mass is 9.92. The number of nitrogens with one attached hydrogen (secondary N) is 3. The molecule has 2 aliphatic heterocycles. The number of benzene rings is 1. The molecule has 1 aromatic carbocycles. The third-order valence-electron chi connectivity index (χ3n) is 8.21. The van der Waals surface area contributed by atoms with Crippen LogP contribution in [0, 0.1) is 13.8 Å². The van der Waals surface area contributed by atoms with E-state index in [9.17, 15) is 14.7 Å². The molecule has 0 aliphatic carbocycles. The third kappa shape index (κ3) is 7.66. The van der Waals surface area contributed by atoms with Gasteiger partial charge >= 0.3 is 12.1 Å². The normalized spacial score (nSPS) is 15.5. The number of carboxylic acid groups (broad SMARTS) is 1. The molecule has 5 rings (SSSR count). The van der Waals surface area contributed by atoms with Crippen LogP contribution in [0.15, 0.2) is 36.4 Å². The van der Waals surface area contributed by atoms with Crippen molar-refractivity contribution in [3.05, 3.63) is 64.6 Å². The van der Waals surface area contributed by atoms with E-state index in [0.717, 1.165) is 79.5 Å². The number of anilines is 3. The minimum atomic E-state index is -1.21. The Morgan fingerprint density at radius 1 is 1.09 bits per heavy atom. The average molecular weight is 604 g/mol. The molecular formula is C32H41N7O5. The molecule has 0 bridgehead atoms. The molecule has 1 fully saturated rings. The van der Waals surface area contributed by atoms with Gasteiger partial charge in [-0.05, 0) is 68.9 Å². The molecule has 44 heavy (non-hydrogen) atoms. The standard InChI is InChI=1S/C32H41N7O5/c1-20-28(34-19-27(31(40)41)38-32(42)44-18-14-22-6-9-25(43-3)10-7-22)35-21(2)36-30(20)39-16-12-23(13-17-39)26-11-8-24-5-4-15-33-29(24)37-26/h6-11,23,27H,4-5,12-19H2,1-3H3,(H,33,37)(H,38,42)(H,40,41)(H,34,35,36). The largest absolute Gasteiger partial charge is 0.497 e. The summed E-state index contributed by atoms with van der Waals surface area (Å²) in [7, 11) is 1.60. The molecule has 1 saturated heterocycles. The summed E-state index contributed by atoms with van der Waals surface area (Å²) >= 11 is 0. The van der Waals surface area contributed by atoms with Gasteiger partial charge in [-0.3, -0.25) is 0 Å². The summed E-state index contributed by atoms with van der Waals surface area (Å²) in [5, 5.41) is 18.7. The van der Waals surface area contributed by atoms with Gasteiger partial charge in [-0.15, -0.1) is 0 Å². The van der Waals surface area contributed by atoms with E-state index in [1.165, 1.54) is 5.56 Å². The van der Waals surface area contributed by atoms with E-state index in [-0.39, 0.29) is 13.2 Å². The Labute approximate surface area is 257 Å². The van der Waals surface area contributed by atoms with E-state index in [0.29, 0.717) is 24.0 Å². The zero-order chi connectivity index (χ0) is 31.1. The van der Waals surface area contributed by atoms with Crippen molar-refractivity contribution in [1.29, 1.82) is 0 Å². The van der Waals surface area contributed by atoms with Crippen molar-refractivity contribution < 1.29 is 24.2 Å². The monoisotopic (exact) mass is 603 g/mol. The van der Waals surface area contributed by atoms with Crippen molar-refractivity contribution in [2.75, 3.05) is 55.4 Å². The van der Waals surface area contributed by atoms with Gasteiger partial charge in [0.05, 0.1) is 13.7 Å². The van der Waals surface area contributed by atoms with Gasteiger partial charge in [0.1, 0.15) is 35.1 Å². The average Bonchev–Trinajstić information content (AvgIpc) is 3.04. The molecular weight excluding hydrogens is 562 g/mol. The van der Waals surface area contributed by atoms with E-state index in [1.807, 2.05) is 38.1 Å². The maximum Gasteiger partial charge on any atom is 0.407 e. The Hall–Kier alpha value is -4.61. The lowest BCUT2D eigenvalue weighted by Gasteiger charge is -2.34. The van der Waals surface area contributed by atoms with Crippen molar-refractivity contribution in [2.45, 2.75) is 57.9 Å². The van der Waals surface area contributed by atoms with Crippen LogP contribution >= 0.6 is 0 Å². The Morgan fingerprint density at radius 3 is 2.59 bits per heavy atom. The lowest BCUT2D eigenvalue weighted by molar-refractivity contribution is -0.138. The predicted octanol–water partition coefficient (Wildman–Crippen LogP) is 4.07. The second-order valence-corrected chi connectivity index (χ2v) is 11.3. The molecule has 4 N–H and O–H groups in total. The van der Waals surface area contributed by atoms with E-state index < -0.39 is 18.1 Å². The van der Waals surface area contributed by atoms with E-state index in [1.54, 1.807) is 7.11 Å². The zero-order valence-electron chi connectivity index (χ0n) is 25.6. The number of hydrogen-bond donors (Lipinski definition) is 4. The number of pyridine rings is 1. The Kier molecular flexibility index (Phi) is 9.98. The number of carboxylic acids is 1. The summed E-state index contributed by atoms with van der Waals surface area (Å²) in [5.41, 5.74) is 4.24. The number of alkyl carbamates (subject to hydrolysis) is 1. The van der Waals surface area contributed by atoms with E-state index >= 15 is 0 Å². The summed E-state index contributed by atoms with van der Waals surface area (Å²) in [4.78, 5) is 40.7. The minimum absolute atomic E-state index is 0.0697. The van der Waals surface area contributed by atoms with Crippen LogP contribution in [0.1, 0.15) is 53.4 Å². The summed E-state index contributed by atoms with van der Waals surface area (Å²) < 4.78 is 10.4. The smallest absolute Gasteiger partial charge is 0.407 e. The van der Waals surface area contributed by atoms with Crippen LogP contribution in [0.5, 0.6) is 5.75 Å². The molecule has 0 saturated carbocycles. The number of carbonyl (C=O) groups excluding carboxylic acids is 1. The first-order chi connectivity index (χ1) is 21.3. The molecule has 0 spiro atoms. The number of rotatable bonds is 11. The predicted molar refractivity (Wildman–Crippen MR) is 168 cm³/mol. The summed E-state index contributed by atoms with van der Waals surface area (Å²) in [6.07, 6.45) is 3.85. The highest BCUT2D eigenvalue weighted by Gasteiger charge is 2.26. The first-order valence-corrected chi connectivity index (χ1v) is 15.2. The second kappa shape index (κ2) is 14.2. The topological polar surface area (TPSA) is 151 Å². The quantitative estimate of drug-likeness (QED) is 0.251. The first-order valence-electron chi connectivity index (χ1n) is 15.2. The molecule has 2 aliphatic rings. The van der Waals surface area contributed by atoms with Gasteiger partial charge < -0.3 is 35.4 Å². The fourth-order valence-electron chi connectivity index (χ4n) is 5.69. The van der Waals surface area contributed by atoms with Gasteiger partial charge in [0.15, 0.2) is 0 Å². The van der Waals surface area contributed by atoms with Crippen molar-refractivity contribution >= 4 is 29.5 Å². The number of aliphatic carboxylic acids is 1. The van der Waals surface area contributed by atoms with Gasteiger partial charge in [-0.25, -0.2) is 24.5 Å². The van der Waals surface area contributed by atoms with Crippen LogP contribution in [0.25, 0.3) is 0 Å². The number of carbonyl (C=O) groups is 2. The number of amides is 1. The maximum absolute atomic E-state index is 12.4. The van der Waals surface area contributed by atoms with Gasteiger partial charge in [-0.1, -0.05) is 18.2 Å². The van der Waals surface area contributed by atoms with Crippen molar-refractivity contribution in [2.24, 2.45) is 0 Å². The molecule has 1 atom stereocenters. The van der Waals surface area contributed by atoms with Crippen LogP contribution in [0.2, 0.25) is 0 Å². The van der Waals surface area contributed by atoms with Crippen molar-refractivity contribution in [1.82, 2.24) is 20.3 Å². The summed E-state index contributed by atoms with van der Waals surface area (Å²) in [5.74, 6) is 2.93. The molecule has 1 amide bonds. The highest BCUT2D eigenvalue weighted by Crippen LogP contribution is 2.33. The summed E-state index contributed by atoms with van der Waals surface area (Å²) in [6, 6.07) is 10.6. The number of hydrogen-bond acceptors (Lipinski definition) is 10. The van der Waals surface area contributed by atoms with E-state index in [4.69, 9.17) is 19.4 Å². The van der Waals surface area contributed by atoms with Gasteiger partial charge in [0.25, 0.3) is 0 Å². The number of methoxy groups -OCH3 is 1. The Morgan fingerprint density at radius 2 is 1.86 bits per heavy atom. The maximum atomic E-state index is 12.4. The Balaban J connectivity index is 1.14. The number of piperidine rings is 1. The second-order valence-electron chi connectivity index (χ2n) is 11.3. The van der Waals surface area contributed by atoms with Crippen LogP contribution < -0.4 is 25.6 Å². The molecule has 3 aromatic rings. The fraction of sp³-hybridized carbons (Fsp3) is 0.469. The number of aryl methyl sites for hydroxylation is 2. The molecule has 2 aromatic heterocycles. The van der Waals surface area contributed by atoms with Gasteiger partial charge in [0.2, 0.25) is 0 Å². The fourth-order valence-corrected chi connectivity index (χ4v) is 5.69. The van der Waals surface area contributed by atoms with Gasteiger partial charge in [-0.2, -0.15) is 0 Å². The molecule has 12 heteroatoms. The van der Waals surface area contributed by atoms with Gasteiger partial charge in [0, 0.05) is 49.8 Å². The Bertz CT molecular complexity index is 1460. The number of nitrogens with zero attached hydrogens (tertiary/aromatic N) is 4. The van der Waals surface area contributed by atoms with E-state index in [2.05, 4.69) is 38.0 Å².